The molecule has 0 spiro atoms. The lowest BCUT2D eigenvalue weighted by Crippen LogP contribution is -2.37. The van der Waals surface area contributed by atoms with Crippen LogP contribution in [0.3, 0.4) is 0 Å². The van der Waals surface area contributed by atoms with E-state index in [9.17, 15) is 4.79 Å². The average Bonchev–Trinajstić information content (AvgIpc) is 3.21. The van der Waals surface area contributed by atoms with E-state index in [0.29, 0.717) is 19.6 Å². The molecule has 1 amide bonds. The summed E-state index contributed by atoms with van der Waals surface area (Å²) < 4.78 is 17.4. The third-order valence-electron chi connectivity index (χ3n) is 4.77. The van der Waals surface area contributed by atoms with Crippen molar-refractivity contribution in [1.29, 1.82) is 0 Å². The van der Waals surface area contributed by atoms with Crippen molar-refractivity contribution in [3.05, 3.63) is 53.1 Å². The maximum Gasteiger partial charge on any atom is 0.261 e. The van der Waals surface area contributed by atoms with Crippen molar-refractivity contribution in [2.24, 2.45) is 0 Å². The zero-order valence-corrected chi connectivity index (χ0v) is 15.1. The summed E-state index contributed by atoms with van der Waals surface area (Å²) in [6, 6.07) is 11.8. The van der Waals surface area contributed by atoms with Gasteiger partial charge in [0.2, 0.25) is 0 Å². The molecule has 2 aliphatic heterocycles. The van der Waals surface area contributed by atoms with E-state index in [1.54, 1.807) is 0 Å². The van der Waals surface area contributed by atoms with Gasteiger partial charge < -0.3 is 19.5 Å². The normalized spacial score (nSPS) is 19.9. The van der Waals surface area contributed by atoms with Gasteiger partial charge in [-0.25, -0.2) is 0 Å². The van der Waals surface area contributed by atoms with Crippen LogP contribution in [0.2, 0.25) is 0 Å². The number of para-hydroxylation sites is 1. The molecule has 1 N–H and O–H groups in total. The molecule has 0 bridgehead atoms. The molecule has 4 rings (SSSR count). The molecule has 26 heavy (non-hydrogen) atoms. The number of hydrogen-bond acceptors (Lipinski definition) is 4. The summed E-state index contributed by atoms with van der Waals surface area (Å²) in [5.74, 6) is 2.37. The number of ether oxygens (including phenoxy) is 3. The summed E-state index contributed by atoms with van der Waals surface area (Å²) in [4.78, 5) is 12.5. The molecule has 2 aliphatic rings. The second-order valence-electron chi connectivity index (χ2n) is 6.77. The van der Waals surface area contributed by atoms with E-state index in [1.807, 2.05) is 43.3 Å². The van der Waals surface area contributed by atoms with Crippen LogP contribution in [0.15, 0.2) is 36.4 Å². The van der Waals surface area contributed by atoms with E-state index < -0.39 is 6.10 Å². The first-order valence-corrected chi connectivity index (χ1v) is 9.11. The monoisotopic (exact) mass is 353 g/mol. The topological polar surface area (TPSA) is 56.8 Å². The Morgan fingerprint density at radius 3 is 2.81 bits per heavy atom. The summed E-state index contributed by atoms with van der Waals surface area (Å²) in [6.07, 6.45) is 1.19. The maximum atomic E-state index is 12.5. The third-order valence-corrected chi connectivity index (χ3v) is 4.77. The number of hydrogen-bond donors (Lipinski definition) is 1. The fraction of sp³-hybridized carbons (Fsp3) is 0.381. The van der Waals surface area contributed by atoms with E-state index >= 15 is 0 Å². The Hall–Kier alpha value is -2.69. The summed E-state index contributed by atoms with van der Waals surface area (Å²) >= 11 is 0. The van der Waals surface area contributed by atoms with Gasteiger partial charge in [0.25, 0.3) is 5.91 Å². The van der Waals surface area contributed by atoms with Crippen molar-refractivity contribution in [1.82, 2.24) is 5.32 Å². The fourth-order valence-electron chi connectivity index (χ4n) is 3.53. The van der Waals surface area contributed by atoms with Gasteiger partial charge in [-0.1, -0.05) is 18.2 Å². The van der Waals surface area contributed by atoms with Gasteiger partial charge in [-0.2, -0.15) is 0 Å². The fourth-order valence-corrected chi connectivity index (χ4v) is 3.53. The molecule has 5 heteroatoms. The molecule has 0 saturated heterocycles. The van der Waals surface area contributed by atoms with Gasteiger partial charge in [0.05, 0.1) is 6.61 Å². The van der Waals surface area contributed by atoms with Crippen LogP contribution in [0.4, 0.5) is 0 Å². The highest BCUT2D eigenvalue weighted by molar-refractivity contribution is 5.82. The Labute approximate surface area is 153 Å². The minimum atomic E-state index is -0.478. The first kappa shape index (κ1) is 16.8. The minimum absolute atomic E-state index is 0.113. The Bertz CT molecular complexity index is 808. The zero-order valence-electron chi connectivity index (χ0n) is 15.1. The summed E-state index contributed by atoms with van der Waals surface area (Å²) in [7, 11) is 0. The molecule has 0 radical (unpaired) electrons. The number of carbonyl (C=O) groups is 1. The molecule has 0 aromatic heterocycles. The standard InChI is InChI=1S/C21H23NO4/c1-3-24-18-10-15-8-13(2)25-19(15)11-16(18)12-22-21(23)20-9-14-6-4-5-7-17(14)26-20/h4-7,10-11,13,20H,3,8-9,12H2,1-2H3,(H,22,23)/t13-,20-/m1/s1. The average molecular weight is 353 g/mol. The smallest absolute Gasteiger partial charge is 0.261 e. The van der Waals surface area contributed by atoms with Crippen LogP contribution in [0.5, 0.6) is 17.2 Å². The van der Waals surface area contributed by atoms with Crippen LogP contribution in [0, 0.1) is 0 Å². The minimum Gasteiger partial charge on any atom is -0.494 e. The molecule has 0 fully saturated rings. The molecule has 0 unspecified atom stereocenters. The second-order valence-corrected chi connectivity index (χ2v) is 6.77. The molecule has 2 aromatic rings. The number of fused-ring (bicyclic) bond motifs is 2. The Balaban J connectivity index is 1.45. The van der Waals surface area contributed by atoms with Crippen LogP contribution < -0.4 is 19.5 Å². The molecule has 2 atom stereocenters. The van der Waals surface area contributed by atoms with E-state index in [0.717, 1.165) is 40.4 Å². The highest BCUT2D eigenvalue weighted by Crippen LogP contribution is 2.35. The zero-order chi connectivity index (χ0) is 18.1. The van der Waals surface area contributed by atoms with E-state index in [1.165, 1.54) is 0 Å². The van der Waals surface area contributed by atoms with Crippen molar-refractivity contribution in [2.75, 3.05) is 6.61 Å². The van der Waals surface area contributed by atoms with Crippen LogP contribution in [-0.2, 0) is 24.2 Å². The highest BCUT2D eigenvalue weighted by Gasteiger charge is 2.29. The van der Waals surface area contributed by atoms with Gasteiger partial charge >= 0.3 is 0 Å². The van der Waals surface area contributed by atoms with Crippen molar-refractivity contribution < 1.29 is 19.0 Å². The lowest BCUT2D eigenvalue weighted by molar-refractivity contribution is -0.127. The van der Waals surface area contributed by atoms with Gasteiger partial charge in [0.15, 0.2) is 6.10 Å². The number of amides is 1. The lowest BCUT2D eigenvalue weighted by atomic mass is 10.1. The van der Waals surface area contributed by atoms with Crippen LogP contribution in [-0.4, -0.2) is 24.7 Å². The Morgan fingerprint density at radius 1 is 1.15 bits per heavy atom. The molecule has 2 aromatic carbocycles. The lowest BCUT2D eigenvalue weighted by Gasteiger charge is -2.15. The molecule has 136 valence electrons. The van der Waals surface area contributed by atoms with Crippen molar-refractivity contribution in [3.63, 3.8) is 0 Å². The summed E-state index contributed by atoms with van der Waals surface area (Å²) in [5.41, 5.74) is 3.15. The number of nitrogens with one attached hydrogen (secondary N) is 1. The molecular weight excluding hydrogens is 330 g/mol. The summed E-state index contributed by atoms with van der Waals surface area (Å²) in [5, 5.41) is 2.98. The first-order valence-electron chi connectivity index (χ1n) is 9.11. The number of benzene rings is 2. The second kappa shape index (κ2) is 6.90. The van der Waals surface area contributed by atoms with Gasteiger partial charge in [-0.05, 0) is 37.6 Å². The maximum absolute atomic E-state index is 12.5. The Morgan fingerprint density at radius 2 is 2.00 bits per heavy atom. The molecule has 2 heterocycles. The van der Waals surface area contributed by atoms with Crippen molar-refractivity contribution in [3.8, 4) is 17.2 Å². The largest absolute Gasteiger partial charge is 0.494 e. The quantitative estimate of drug-likeness (QED) is 0.898. The van der Waals surface area contributed by atoms with Crippen molar-refractivity contribution >= 4 is 5.91 Å². The molecular formula is C21H23NO4. The van der Waals surface area contributed by atoms with Crippen LogP contribution >= 0.6 is 0 Å². The predicted octanol–water partition coefficient (Wildman–Crippen LogP) is 3.03. The Kier molecular flexibility index (Phi) is 4.45. The van der Waals surface area contributed by atoms with Gasteiger partial charge in [-0.3, -0.25) is 4.79 Å². The van der Waals surface area contributed by atoms with Gasteiger partial charge in [0.1, 0.15) is 23.4 Å². The van der Waals surface area contributed by atoms with Gasteiger partial charge in [-0.15, -0.1) is 0 Å². The highest BCUT2D eigenvalue weighted by atomic mass is 16.5. The van der Waals surface area contributed by atoms with Crippen molar-refractivity contribution in [2.45, 2.75) is 45.4 Å². The first-order chi connectivity index (χ1) is 12.6. The van der Waals surface area contributed by atoms with Crippen LogP contribution in [0.1, 0.15) is 30.5 Å². The predicted molar refractivity (Wildman–Crippen MR) is 97.8 cm³/mol. The SMILES string of the molecule is CCOc1cc2c(cc1CNC(=O)[C@H]1Cc3ccccc3O1)O[C@H](C)C2. The van der Waals surface area contributed by atoms with E-state index in [2.05, 4.69) is 12.2 Å². The van der Waals surface area contributed by atoms with E-state index in [4.69, 9.17) is 14.2 Å². The van der Waals surface area contributed by atoms with Crippen LogP contribution in [0.25, 0.3) is 0 Å². The molecule has 0 aliphatic carbocycles. The van der Waals surface area contributed by atoms with E-state index in [-0.39, 0.29) is 12.0 Å². The third kappa shape index (κ3) is 3.21. The summed E-state index contributed by atoms with van der Waals surface area (Å²) in [6.45, 7) is 4.97. The molecule has 5 nitrogen and oxygen atoms in total. The van der Waals surface area contributed by atoms with Gasteiger partial charge in [0, 0.05) is 30.5 Å². The molecule has 0 saturated carbocycles. The number of carbonyl (C=O) groups excluding carboxylic acids is 1. The number of rotatable bonds is 5.